The molecule has 0 fully saturated rings. The van der Waals surface area contributed by atoms with Gasteiger partial charge in [0.2, 0.25) is 0 Å². The van der Waals surface area contributed by atoms with E-state index < -0.39 is 0 Å². The van der Waals surface area contributed by atoms with E-state index in [9.17, 15) is 9.90 Å². The van der Waals surface area contributed by atoms with Crippen molar-refractivity contribution in [3.8, 4) is 5.75 Å². The third kappa shape index (κ3) is 3.60. The molecular formula is C17H19N4O3+. The van der Waals surface area contributed by atoms with Crippen LogP contribution >= 0.6 is 0 Å². The van der Waals surface area contributed by atoms with Gasteiger partial charge in [0.05, 0.1) is 6.21 Å². The highest BCUT2D eigenvalue weighted by molar-refractivity contribution is 6.01. The Hall–Kier alpha value is -3.16. The molecular weight excluding hydrogens is 308 g/mol. The minimum atomic E-state index is -0.319. The number of phenolic OH excluding ortho intramolecular Hbond substituents is 1. The Bertz CT molecular complexity index is 871. The third-order valence-corrected chi connectivity index (χ3v) is 3.50. The Labute approximate surface area is 138 Å². The molecule has 0 radical (unpaired) electrons. The predicted molar refractivity (Wildman–Crippen MR) is 90.9 cm³/mol. The Kier molecular flexibility index (Phi) is 5.67. The monoisotopic (exact) mass is 327 g/mol. The van der Waals surface area contributed by atoms with Crippen molar-refractivity contribution < 1.29 is 21.0 Å². The van der Waals surface area contributed by atoms with Gasteiger partial charge in [-0.15, -0.1) is 0 Å². The summed E-state index contributed by atoms with van der Waals surface area (Å²) in [5.41, 5.74) is 5.28. The second-order valence-electron chi connectivity index (χ2n) is 4.93. The highest BCUT2D eigenvalue weighted by Gasteiger charge is 2.13. The molecule has 0 aliphatic rings. The Morgan fingerprint density at radius 3 is 2.54 bits per heavy atom. The molecule has 7 nitrogen and oxygen atoms in total. The van der Waals surface area contributed by atoms with Crippen LogP contribution in [0.4, 0.5) is 0 Å². The number of carbonyl (C=O) groups excluding carboxylic acids is 1. The maximum absolute atomic E-state index is 12.2. The van der Waals surface area contributed by atoms with Crippen molar-refractivity contribution in [1.82, 2.24) is 10.4 Å². The Morgan fingerprint density at radius 2 is 1.83 bits per heavy atom. The molecule has 1 heterocycles. The van der Waals surface area contributed by atoms with E-state index in [1.54, 1.807) is 24.3 Å². The van der Waals surface area contributed by atoms with Crippen molar-refractivity contribution in [3.63, 3.8) is 0 Å². The van der Waals surface area contributed by atoms with Crippen LogP contribution in [0.15, 0.2) is 53.6 Å². The van der Waals surface area contributed by atoms with Gasteiger partial charge in [0.15, 0.2) is 0 Å². The number of carbonyl (C=O) groups is 1. The Balaban J connectivity index is 0.00000100. The molecule has 0 aliphatic carbocycles. The van der Waals surface area contributed by atoms with Crippen LogP contribution < -0.4 is 11.3 Å². The number of hydrazone groups is 1. The molecule has 1 aromatic heterocycles. The van der Waals surface area contributed by atoms with E-state index in [2.05, 4.69) is 21.4 Å². The standard InChI is InChI=1S/C17H15N3O2.H4NO/c1-11-13-7-3-4-8-14(13)19-16(11)17(22)20-18-10-12-6-2-5-9-15(12)21;1-2/h2-10,19,21H,1H3,(H,20,22);2H,1H3/q;+1/b18-10+;. The number of nitrogens with one attached hydrogen (secondary N) is 2. The van der Waals surface area contributed by atoms with Crippen molar-refractivity contribution in [2.45, 2.75) is 6.92 Å². The number of quaternary nitrogens is 1. The van der Waals surface area contributed by atoms with Gasteiger partial charge in [-0.25, -0.2) is 16.5 Å². The average Bonchev–Trinajstić information content (AvgIpc) is 2.96. The van der Waals surface area contributed by atoms with E-state index in [1.807, 2.05) is 31.2 Å². The summed E-state index contributed by atoms with van der Waals surface area (Å²) < 4.78 is 0. The predicted octanol–water partition coefficient (Wildman–Crippen LogP) is 1.56. The van der Waals surface area contributed by atoms with Gasteiger partial charge >= 0.3 is 0 Å². The fourth-order valence-electron chi connectivity index (χ4n) is 2.32. The second kappa shape index (κ2) is 7.91. The first-order chi connectivity index (χ1) is 11.7. The summed E-state index contributed by atoms with van der Waals surface area (Å²) in [7, 11) is 0. The summed E-state index contributed by atoms with van der Waals surface area (Å²) in [5.74, 6) is 2.04. The van der Waals surface area contributed by atoms with Gasteiger partial charge < -0.3 is 10.1 Å². The van der Waals surface area contributed by atoms with E-state index in [1.165, 1.54) is 6.21 Å². The fraction of sp³-hybridized carbons (Fsp3) is 0.0588. The fourth-order valence-corrected chi connectivity index (χ4v) is 2.32. The quantitative estimate of drug-likeness (QED) is 0.370. The maximum Gasteiger partial charge on any atom is 0.288 e. The van der Waals surface area contributed by atoms with Gasteiger partial charge in [0, 0.05) is 16.5 Å². The number of aromatic hydroxyl groups is 1. The van der Waals surface area contributed by atoms with Crippen molar-refractivity contribution >= 4 is 23.0 Å². The number of benzene rings is 2. The summed E-state index contributed by atoms with van der Waals surface area (Å²) >= 11 is 0. The minimum absolute atomic E-state index is 0.113. The third-order valence-electron chi connectivity index (χ3n) is 3.50. The van der Waals surface area contributed by atoms with E-state index in [0.717, 1.165) is 16.5 Å². The lowest BCUT2D eigenvalue weighted by molar-refractivity contribution is -0.670. The van der Waals surface area contributed by atoms with Crippen LogP contribution in [-0.4, -0.2) is 27.4 Å². The van der Waals surface area contributed by atoms with Crippen molar-refractivity contribution in [2.75, 3.05) is 0 Å². The number of para-hydroxylation sites is 2. The van der Waals surface area contributed by atoms with Crippen LogP contribution in [0.2, 0.25) is 0 Å². The summed E-state index contributed by atoms with van der Waals surface area (Å²) in [4.78, 5) is 15.3. The molecule has 3 aromatic rings. The number of hydrogen-bond donors (Lipinski definition) is 5. The lowest BCUT2D eigenvalue weighted by atomic mass is 10.1. The highest BCUT2D eigenvalue weighted by Crippen LogP contribution is 2.21. The molecule has 24 heavy (non-hydrogen) atoms. The molecule has 0 saturated carbocycles. The van der Waals surface area contributed by atoms with Crippen LogP contribution in [-0.2, 0) is 0 Å². The summed E-state index contributed by atoms with van der Waals surface area (Å²) in [6.45, 7) is 1.89. The maximum atomic E-state index is 12.2. The molecule has 0 atom stereocenters. The molecule has 0 aliphatic heterocycles. The van der Waals surface area contributed by atoms with E-state index >= 15 is 0 Å². The number of aromatic nitrogens is 1. The number of aryl methyl sites for hydroxylation is 1. The number of amides is 1. The highest BCUT2D eigenvalue weighted by atomic mass is 16.4. The Morgan fingerprint density at radius 1 is 1.17 bits per heavy atom. The molecule has 1 amide bonds. The molecule has 0 unspecified atom stereocenters. The van der Waals surface area contributed by atoms with Crippen LogP contribution in [0, 0.1) is 6.92 Å². The molecule has 7 heteroatoms. The molecule has 0 bridgehead atoms. The smallest absolute Gasteiger partial charge is 0.288 e. The molecule has 0 spiro atoms. The van der Waals surface area contributed by atoms with Gasteiger partial charge in [-0.1, -0.05) is 30.3 Å². The number of nitrogens with zero attached hydrogens (tertiary/aromatic N) is 1. The number of rotatable bonds is 3. The average molecular weight is 327 g/mol. The van der Waals surface area contributed by atoms with Crippen LogP contribution in [0.3, 0.4) is 0 Å². The lowest BCUT2D eigenvalue weighted by Crippen LogP contribution is -2.42. The van der Waals surface area contributed by atoms with Crippen LogP contribution in [0.1, 0.15) is 21.6 Å². The van der Waals surface area contributed by atoms with E-state index in [0.29, 0.717) is 11.3 Å². The second-order valence-corrected chi connectivity index (χ2v) is 4.93. The number of H-pyrrole nitrogens is 1. The molecule has 3 rings (SSSR count). The molecule has 124 valence electrons. The molecule has 7 N–H and O–H groups in total. The first-order valence-electron chi connectivity index (χ1n) is 7.17. The zero-order valence-corrected chi connectivity index (χ0v) is 13.2. The first-order valence-corrected chi connectivity index (χ1v) is 7.17. The van der Waals surface area contributed by atoms with Gasteiger partial charge in [-0.05, 0) is 30.7 Å². The first kappa shape index (κ1) is 17.2. The van der Waals surface area contributed by atoms with E-state index in [4.69, 9.17) is 5.21 Å². The lowest BCUT2D eigenvalue weighted by Gasteiger charge is -2.00. The molecule has 0 saturated heterocycles. The summed E-state index contributed by atoms with van der Waals surface area (Å²) in [6.07, 6.45) is 1.41. The normalized spacial score (nSPS) is 10.5. The minimum Gasteiger partial charge on any atom is -0.507 e. The zero-order valence-electron chi connectivity index (χ0n) is 13.2. The zero-order chi connectivity index (χ0) is 17.5. The number of aromatic amines is 1. The topological polar surface area (TPSA) is 125 Å². The van der Waals surface area contributed by atoms with Gasteiger partial charge in [-0.2, -0.15) is 5.10 Å². The van der Waals surface area contributed by atoms with Crippen LogP contribution in [0.5, 0.6) is 5.75 Å². The van der Waals surface area contributed by atoms with Crippen molar-refractivity contribution in [1.29, 1.82) is 0 Å². The van der Waals surface area contributed by atoms with E-state index in [-0.39, 0.29) is 11.7 Å². The largest absolute Gasteiger partial charge is 0.507 e. The summed E-state index contributed by atoms with van der Waals surface area (Å²) in [6, 6.07) is 14.5. The van der Waals surface area contributed by atoms with Crippen molar-refractivity contribution in [2.24, 2.45) is 5.10 Å². The SMILES string of the molecule is Cc1c(C(=O)N/N=C/c2ccccc2O)[nH]c2ccccc12.[NH3+]O. The number of phenols is 1. The number of hydrogen-bond acceptors (Lipinski definition) is 4. The van der Waals surface area contributed by atoms with Gasteiger partial charge in [0.1, 0.15) is 11.4 Å². The summed E-state index contributed by atoms with van der Waals surface area (Å²) in [5, 5.41) is 21.3. The van der Waals surface area contributed by atoms with Crippen molar-refractivity contribution in [3.05, 3.63) is 65.4 Å². The van der Waals surface area contributed by atoms with Crippen LogP contribution in [0.25, 0.3) is 10.9 Å². The molecule has 2 aromatic carbocycles. The van der Waals surface area contributed by atoms with Gasteiger partial charge in [0.25, 0.3) is 5.91 Å². The number of fused-ring (bicyclic) bond motifs is 1. The van der Waals surface area contributed by atoms with Gasteiger partial charge in [-0.3, -0.25) is 4.79 Å².